The molecule has 1 aliphatic carbocycles. The van der Waals surface area contributed by atoms with E-state index in [0.29, 0.717) is 16.7 Å². The topological polar surface area (TPSA) is 110 Å². The molecular weight excluding hydrogens is 386 g/mol. The van der Waals surface area contributed by atoms with Crippen molar-refractivity contribution in [3.05, 3.63) is 74.9 Å². The third kappa shape index (κ3) is 4.41. The minimum Gasteiger partial charge on any atom is -0.506 e. The summed E-state index contributed by atoms with van der Waals surface area (Å²) in [5, 5.41) is 31.7. The van der Waals surface area contributed by atoms with Crippen molar-refractivity contribution in [2.45, 2.75) is 32.3 Å². The van der Waals surface area contributed by atoms with Crippen LogP contribution in [0.4, 0.5) is 5.69 Å². The van der Waals surface area contributed by atoms with Crippen LogP contribution in [-0.2, 0) is 6.61 Å². The Hall–Kier alpha value is -3.45. The number of carbonyl (C=O) groups is 1. The van der Waals surface area contributed by atoms with Crippen molar-refractivity contribution in [1.29, 1.82) is 0 Å². The molecule has 0 bridgehead atoms. The van der Waals surface area contributed by atoms with Gasteiger partial charge in [-0.3, -0.25) is 14.9 Å². The van der Waals surface area contributed by atoms with E-state index in [2.05, 4.69) is 0 Å². The van der Waals surface area contributed by atoms with Crippen LogP contribution in [0.1, 0.15) is 52.7 Å². The number of ketones is 1. The zero-order valence-corrected chi connectivity index (χ0v) is 16.6. The van der Waals surface area contributed by atoms with Gasteiger partial charge in [-0.25, -0.2) is 0 Å². The van der Waals surface area contributed by atoms with Gasteiger partial charge >= 0.3 is 0 Å². The van der Waals surface area contributed by atoms with Crippen LogP contribution in [0.2, 0.25) is 0 Å². The van der Waals surface area contributed by atoms with Gasteiger partial charge in [-0.05, 0) is 54.5 Å². The van der Waals surface area contributed by atoms with Gasteiger partial charge in [0.05, 0.1) is 18.6 Å². The summed E-state index contributed by atoms with van der Waals surface area (Å²) < 4.78 is 5.30. The Morgan fingerprint density at radius 1 is 1.30 bits per heavy atom. The molecule has 0 unspecified atom stereocenters. The van der Waals surface area contributed by atoms with Crippen LogP contribution in [0.15, 0.2) is 42.5 Å². The Morgan fingerprint density at radius 2 is 2.10 bits per heavy atom. The molecule has 0 atom stereocenters. The molecular formula is C23H23NO6. The highest BCUT2D eigenvalue weighted by Crippen LogP contribution is 2.41. The number of hydrogen-bond acceptors (Lipinski definition) is 6. The summed E-state index contributed by atoms with van der Waals surface area (Å²) in [5.41, 5.74) is 2.28. The van der Waals surface area contributed by atoms with Crippen molar-refractivity contribution in [3.63, 3.8) is 0 Å². The van der Waals surface area contributed by atoms with Crippen LogP contribution in [0.5, 0.6) is 11.5 Å². The number of phenolic OH excluding ortho intramolecular Hbond substituents is 1. The lowest BCUT2D eigenvalue weighted by molar-refractivity contribution is -0.384. The highest BCUT2D eigenvalue weighted by Gasteiger charge is 2.24. The van der Waals surface area contributed by atoms with Crippen LogP contribution in [0, 0.1) is 10.1 Å². The van der Waals surface area contributed by atoms with E-state index in [1.807, 2.05) is 6.08 Å². The van der Waals surface area contributed by atoms with Crippen LogP contribution in [0.3, 0.4) is 0 Å². The first-order valence-electron chi connectivity index (χ1n) is 9.66. The van der Waals surface area contributed by atoms with E-state index in [-0.39, 0.29) is 29.4 Å². The van der Waals surface area contributed by atoms with Crippen molar-refractivity contribution >= 4 is 23.1 Å². The van der Waals surface area contributed by atoms with Gasteiger partial charge in [0, 0.05) is 17.7 Å². The highest BCUT2D eigenvalue weighted by molar-refractivity contribution is 6.11. The third-order valence-electron chi connectivity index (χ3n) is 5.10. The number of hydrogen-bond donors (Lipinski definition) is 2. The Labute approximate surface area is 174 Å². The molecule has 0 radical (unpaired) electrons. The maximum atomic E-state index is 12.9. The lowest BCUT2D eigenvalue weighted by Crippen LogP contribution is -2.06. The summed E-state index contributed by atoms with van der Waals surface area (Å²) in [5.74, 6) is -0.566. The average molecular weight is 409 g/mol. The molecule has 30 heavy (non-hydrogen) atoms. The average Bonchev–Trinajstić information content (AvgIpc) is 2.77. The van der Waals surface area contributed by atoms with Gasteiger partial charge in [-0.15, -0.1) is 0 Å². The molecule has 0 saturated heterocycles. The Balaban J connectivity index is 2.03. The molecule has 3 rings (SSSR count). The summed E-state index contributed by atoms with van der Waals surface area (Å²) >= 11 is 0. The number of ether oxygens (including phenoxy) is 1. The molecule has 7 nitrogen and oxygen atoms in total. The quantitative estimate of drug-likeness (QED) is 0.298. The second kappa shape index (κ2) is 9.37. The molecule has 0 spiro atoms. The van der Waals surface area contributed by atoms with Gasteiger partial charge in [-0.1, -0.05) is 24.3 Å². The van der Waals surface area contributed by atoms with Crippen molar-refractivity contribution in [3.8, 4) is 11.5 Å². The monoisotopic (exact) mass is 409 g/mol. The number of rotatable bonds is 7. The number of aliphatic hydroxyl groups excluding tert-OH is 1. The summed E-state index contributed by atoms with van der Waals surface area (Å²) in [6.07, 6.45) is 8.38. The maximum absolute atomic E-state index is 12.9. The number of nitrogens with zero attached hydrogens (tertiary/aromatic N) is 1. The molecule has 2 aromatic carbocycles. The Kier molecular flexibility index (Phi) is 6.64. The van der Waals surface area contributed by atoms with E-state index in [1.54, 1.807) is 12.1 Å². The summed E-state index contributed by atoms with van der Waals surface area (Å²) in [6.45, 7) is -0.297. The van der Waals surface area contributed by atoms with E-state index in [9.17, 15) is 25.1 Å². The predicted octanol–water partition coefficient (Wildman–Crippen LogP) is 4.65. The zero-order chi connectivity index (χ0) is 21.7. The predicted molar refractivity (Wildman–Crippen MR) is 113 cm³/mol. The summed E-state index contributed by atoms with van der Waals surface area (Å²) in [4.78, 5) is 23.3. The molecule has 0 amide bonds. The molecule has 7 heteroatoms. The van der Waals surface area contributed by atoms with Crippen LogP contribution in [0.25, 0.3) is 11.6 Å². The van der Waals surface area contributed by atoms with Crippen LogP contribution < -0.4 is 4.74 Å². The van der Waals surface area contributed by atoms with Gasteiger partial charge in [0.1, 0.15) is 17.1 Å². The van der Waals surface area contributed by atoms with E-state index >= 15 is 0 Å². The fourth-order valence-corrected chi connectivity index (χ4v) is 3.64. The van der Waals surface area contributed by atoms with Gasteiger partial charge in [0.25, 0.3) is 5.69 Å². The van der Waals surface area contributed by atoms with Gasteiger partial charge in [-0.2, -0.15) is 0 Å². The molecule has 0 fully saturated rings. The van der Waals surface area contributed by atoms with E-state index in [0.717, 1.165) is 31.3 Å². The number of methoxy groups -OCH3 is 1. The SMILES string of the molecule is COc1cc(CO)c(C2=CCCCC2)c(O)c1C(=O)/C=C/c1cccc([N+](=O)[O-])c1. The zero-order valence-electron chi connectivity index (χ0n) is 16.6. The number of aliphatic hydroxyl groups is 1. The summed E-state index contributed by atoms with van der Waals surface area (Å²) in [6, 6.07) is 7.46. The number of nitro benzene ring substituents is 1. The lowest BCUT2D eigenvalue weighted by atomic mass is 9.87. The van der Waals surface area contributed by atoms with E-state index < -0.39 is 10.7 Å². The summed E-state index contributed by atoms with van der Waals surface area (Å²) in [7, 11) is 1.39. The standard InChI is InChI=1S/C23H23NO6/c1-30-20-13-17(14-25)21(16-7-3-2-4-8-16)23(27)22(20)19(26)11-10-15-6-5-9-18(12-15)24(28)29/h5-7,9-13,25,27H,2-4,8,14H2,1H3/b11-10+. The van der Waals surface area contributed by atoms with Gasteiger partial charge in [0.2, 0.25) is 0 Å². The van der Waals surface area contributed by atoms with Crippen molar-refractivity contribution in [1.82, 2.24) is 0 Å². The normalized spacial score (nSPS) is 13.9. The third-order valence-corrected chi connectivity index (χ3v) is 5.10. The smallest absolute Gasteiger partial charge is 0.270 e. The van der Waals surface area contributed by atoms with Crippen LogP contribution in [-0.4, -0.2) is 28.0 Å². The molecule has 2 aromatic rings. The number of nitro groups is 1. The first-order chi connectivity index (χ1) is 14.5. The fraction of sp³-hybridized carbons (Fsp3) is 0.261. The minimum absolute atomic E-state index is 0.00199. The number of carbonyl (C=O) groups excluding carboxylic acids is 1. The molecule has 0 heterocycles. The molecule has 0 saturated carbocycles. The number of phenols is 1. The first-order valence-corrected chi connectivity index (χ1v) is 9.66. The first kappa shape index (κ1) is 21.3. The Morgan fingerprint density at radius 3 is 2.73 bits per heavy atom. The second-order valence-corrected chi connectivity index (χ2v) is 7.02. The maximum Gasteiger partial charge on any atom is 0.270 e. The van der Waals surface area contributed by atoms with Gasteiger partial charge in [0.15, 0.2) is 5.78 Å². The van der Waals surface area contributed by atoms with Gasteiger partial charge < -0.3 is 14.9 Å². The molecule has 156 valence electrons. The van der Waals surface area contributed by atoms with Crippen molar-refractivity contribution < 1.29 is 24.7 Å². The van der Waals surface area contributed by atoms with Crippen molar-refractivity contribution in [2.75, 3.05) is 7.11 Å². The number of allylic oxidation sites excluding steroid dienone is 3. The molecule has 1 aliphatic rings. The highest BCUT2D eigenvalue weighted by atomic mass is 16.6. The number of non-ortho nitro benzene ring substituents is 1. The largest absolute Gasteiger partial charge is 0.506 e. The minimum atomic E-state index is -0.508. The number of benzene rings is 2. The molecule has 0 aliphatic heterocycles. The molecule has 2 N–H and O–H groups in total. The lowest BCUT2D eigenvalue weighted by Gasteiger charge is -2.20. The molecule has 0 aromatic heterocycles. The van der Waals surface area contributed by atoms with Crippen molar-refractivity contribution in [2.24, 2.45) is 0 Å². The second-order valence-electron chi connectivity index (χ2n) is 7.02. The van der Waals surface area contributed by atoms with Crippen LogP contribution >= 0.6 is 0 Å². The van der Waals surface area contributed by atoms with E-state index in [4.69, 9.17) is 4.74 Å². The van der Waals surface area contributed by atoms with E-state index in [1.165, 1.54) is 37.5 Å². The fourth-order valence-electron chi connectivity index (χ4n) is 3.64. The Bertz CT molecular complexity index is 1040. The number of aromatic hydroxyl groups is 1.